The van der Waals surface area contributed by atoms with Crippen LogP contribution in [0.5, 0.6) is 17.2 Å². The van der Waals surface area contributed by atoms with Crippen LogP contribution < -0.4 is 14.2 Å². The van der Waals surface area contributed by atoms with Crippen LogP contribution in [0.2, 0.25) is 0 Å². The van der Waals surface area contributed by atoms with Gasteiger partial charge >= 0.3 is 11.9 Å². The summed E-state index contributed by atoms with van der Waals surface area (Å²) in [5, 5.41) is 0. The number of methoxy groups -OCH3 is 1. The average Bonchev–Trinajstić information content (AvgIpc) is 2.76. The lowest BCUT2D eigenvalue weighted by atomic mass is 10.2. The van der Waals surface area contributed by atoms with Crippen LogP contribution in [0.15, 0.2) is 55.1 Å². The lowest BCUT2D eigenvalue weighted by molar-refractivity contribution is -0.137. The molecule has 0 unspecified atom stereocenters. The summed E-state index contributed by atoms with van der Waals surface area (Å²) in [6, 6.07) is 11.1. The number of carbonyl (C=O) groups excluding carboxylic acids is 3. The molecular weight excluding hydrogens is 376 g/mol. The van der Waals surface area contributed by atoms with Gasteiger partial charge in [0.05, 0.1) is 25.9 Å². The summed E-state index contributed by atoms with van der Waals surface area (Å²) >= 11 is 0. The fourth-order valence-corrected chi connectivity index (χ4v) is 2.31. The molecule has 0 saturated heterocycles. The molecule has 0 bridgehead atoms. The molecule has 29 heavy (non-hydrogen) atoms. The van der Waals surface area contributed by atoms with Crippen molar-refractivity contribution in [2.24, 2.45) is 0 Å². The zero-order valence-electron chi connectivity index (χ0n) is 16.1. The highest BCUT2D eigenvalue weighted by Gasteiger charge is 2.13. The van der Waals surface area contributed by atoms with E-state index in [4.69, 9.17) is 18.9 Å². The van der Waals surface area contributed by atoms with E-state index in [9.17, 15) is 14.4 Å². The summed E-state index contributed by atoms with van der Waals surface area (Å²) < 4.78 is 21.0. The molecule has 0 amide bonds. The quantitative estimate of drug-likeness (QED) is 0.188. The average molecular weight is 398 g/mol. The third-order valence-electron chi connectivity index (χ3n) is 3.83. The predicted octanol–water partition coefficient (Wildman–Crippen LogP) is 3.62. The van der Waals surface area contributed by atoms with Gasteiger partial charge in [0.1, 0.15) is 12.0 Å². The van der Waals surface area contributed by atoms with E-state index >= 15 is 0 Å². The van der Waals surface area contributed by atoms with Crippen molar-refractivity contribution in [3.05, 3.63) is 66.2 Å². The van der Waals surface area contributed by atoms with Crippen LogP contribution in [0.3, 0.4) is 0 Å². The SMILES string of the molecule is C=CC(=O)OCCCCOc1ccc(C(=O)Oc2ccc(C=O)cc2OC)cc1. The lowest BCUT2D eigenvalue weighted by Gasteiger charge is -2.10. The van der Waals surface area contributed by atoms with Gasteiger partial charge in [0.2, 0.25) is 0 Å². The van der Waals surface area contributed by atoms with Crippen LogP contribution in [0.4, 0.5) is 0 Å². The Hall–Kier alpha value is -3.61. The topological polar surface area (TPSA) is 88.1 Å². The minimum atomic E-state index is -0.558. The highest BCUT2D eigenvalue weighted by molar-refractivity contribution is 5.91. The van der Waals surface area contributed by atoms with Crippen molar-refractivity contribution < 1.29 is 33.3 Å². The molecule has 0 heterocycles. The number of rotatable bonds is 11. The Bertz CT molecular complexity index is 856. The van der Waals surface area contributed by atoms with Crippen molar-refractivity contribution >= 4 is 18.2 Å². The molecule has 0 saturated carbocycles. The number of hydrogen-bond donors (Lipinski definition) is 0. The maximum atomic E-state index is 12.3. The second-order valence-electron chi connectivity index (χ2n) is 5.87. The van der Waals surface area contributed by atoms with Crippen molar-refractivity contribution in [3.8, 4) is 17.2 Å². The van der Waals surface area contributed by atoms with E-state index in [1.165, 1.54) is 25.3 Å². The molecule has 0 N–H and O–H groups in total. The van der Waals surface area contributed by atoms with Gasteiger partial charge in [0.15, 0.2) is 11.5 Å². The van der Waals surface area contributed by atoms with Crippen molar-refractivity contribution in [1.29, 1.82) is 0 Å². The zero-order valence-corrected chi connectivity index (χ0v) is 16.1. The fraction of sp³-hybridized carbons (Fsp3) is 0.227. The molecule has 0 aliphatic heterocycles. The maximum absolute atomic E-state index is 12.3. The first kappa shape index (κ1) is 21.7. The second-order valence-corrected chi connectivity index (χ2v) is 5.87. The third-order valence-corrected chi connectivity index (χ3v) is 3.83. The first-order valence-electron chi connectivity index (χ1n) is 8.95. The van der Waals surface area contributed by atoms with E-state index in [0.717, 1.165) is 6.08 Å². The van der Waals surface area contributed by atoms with Crippen LogP contribution in [0.1, 0.15) is 33.6 Å². The smallest absolute Gasteiger partial charge is 0.343 e. The molecule has 0 spiro atoms. The van der Waals surface area contributed by atoms with Crippen molar-refractivity contribution in [2.45, 2.75) is 12.8 Å². The Kier molecular flexibility index (Phi) is 8.44. The Morgan fingerprint density at radius 3 is 2.38 bits per heavy atom. The summed E-state index contributed by atoms with van der Waals surface area (Å²) in [5.74, 6) is 0.128. The molecule has 0 aliphatic rings. The number of esters is 2. The van der Waals surface area contributed by atoms with Gasteiger partial charge in [-0.15, -0.1) is 0 Å². The number of aldehydes is 1. The molecule has 2 aromatic rings. The summed E-state index contributed by atoms with van der Waals surface area (Å²) in [5.41, 5.74) is 0.761. The summed E-state index contributed by atoms with van der Waals surface area (Å²) in [7, 11) is 1.43. The van der Waals surface area contributed by atoms with E-state index in [1.54, 1.807) is 24.3 Å². The molecule has 0 radical (unpaired) electrons. The molecule has 0 aliphatic carbocycles. The third kappa shape index (κ3) is 6.80. The van der Waals surface area contributed by atoms with Gasteiger partial charge in [0, 0.05) is 11.6 Å². The molecule has 0 atom stereocenters. The van der Waals surface area contributed by atoms with E-state index in [1.807, 2.05) is 0 Å². The largest absolute Gasteiger partial charge is 0.494 e. The fourth-order valence-electron chi connectivity index (χ4n) is 2.31. The van der Waals surface area contributed by atoms with Gasteiger partial charge in [-0.05, 0) is 55.3 Å². The minimum absolute atomic E-state index is 0.223. The Labute approximate surface area is 168 Å². The van der Waals surface area contributed by atoms with Gasteiger partial charge in [-0.25, -0.2) is 9.59 Å². The molecule has 152 valence electrons. The molecule has 0 aromatic heterocycles. The minimum Gasteiger partial charge on any atom is -0.494 e. The number of benzene rings is 2. The van der Waals surface area contributed by atoms with Crippen molar-refractivity contribution in [1.82, 2.24) is 0 Å². The van der Waals surface area contributed by atoms with Crippen molar-refractivity contribution in [2.75, 3.05) is 20.3 Å². The Morgan fingerprint density at radius 1 is 1.00 bits per heavy atom. The molecule has 2 aromatic carbocycles. The number of carbonyl (C=O) groups is 3. The zero-order chi connectivity index (χ0) is 21.1. The first-order valence-corrected chi connectivity index (χ1v) is 8.95. The van der Waals surface area contributed by atoms with Gasteiger partial charge < -0.3 is 18.9 Å². The van der Waals surface area contributed by atoms with Gasteiger partial charge in [-0.2, -0.15) is 0 Å². The Morgan fingerprint density at radius 2 is 1.72 bits per heavy atom. The first-order chi connectivity index (χ1) is 14.1. The van der Waals surface area contributed by atoms with Gasteiger partial charge in [0.25, 0.3) is 0 Å². The molecule has 2 rings (SSSR count). The highest BCUT2D eigenvalue weighted by Crippen LogP contribution is 2.28. The van der Waals surface area contributed by atoms with Crippen LogP contribution in [0.25, 0.3) is 0 Å². The molecule has 7 heteroatoms. The summed E-state index contributed by atoms with van der Waals surface area (Å²) in [4.78, 5) is 34.1. The number of hydrogen-bond acceptors (Lipinski definition) is 7. The lowest BCUT2D eigenvalue weighted by Crippen LogP contribution is -2.09. The molecular formula is C22H22O7. The predicted molar refractivity (Wildman–Crippen MR) is 106 cm³/mol. The van der Waals surface area contributed by atoms with E-state index in [-0.39, 0.29) is 5.75 Å². The van der Waals surface area contributed by atoms with Crippen molar-refractivity contribution in [3.63, 3.8) is 0 Å². The number of ether oxygens (including phenoxy) is 4. The summed E-state index contributed by atoms with van der Waals surface area (Å²) in [6.45, 7) is 4.09. The van der Waals surface area contributed by atoms with E-state index in [0.29, 0.717) is 55.0 Å². The molecule has 7 nitrogen and oxygen atoms in total. The highest BCUT2D eigenvalue weighted by atomic mass is 16.6. The maximum Gasteiger partial charge on any atom is 0.343 e. The molecule has 0 fully saturated rings. The van der Waals surface area contributed by atoms with Crippen LogP contribution in [-0.2, 0) is 9.53 Å². The normalized spacial score (nSPS) is 9.97. The van der Waals surface area contributed by atoms with Crippen LogP contribution in [-0.4, -0.2) is 38.5 Å². The summed E-state index contributed by atoms with van der Waals surface area (Å²) in [6.07, 6.45) is 3.19. The van der Waals surface area contributed by atoms with E-state index < -0.39 is 11.9 Å². The van der Waals surface area contributed by atoms with Gasteiger partial charge in [-0.1, -0.05) is 6.58 Å². The van der Waals surface area contributed by atoms with E-state index in [2.05, 4.69) is 6.58 Å². The monoisotopic (exact) mass is 398 g/mol. The van der Waals surface area contributed by atoms with Gasteiger partial charge in [-0.3, -0.25) is 4.79 Å². The van der Waals surface area contributed by atoms with Crippen LogP contribution >= 0.6 is 0 Å². The van der Waals surface area contributed by atoms with Crippen LogP contribution in [0, 0.1) is 0 Å². The Balaban J connectivity index is 1.83. The number of unbranched alkanes of at least 4 members (excludes halogenated alkanes) is 1. The standard InChI is InChI=1S/C22H22O7/c1-3-21(24)28-13-5-4-12-27-18-9-7-17(8-10-18)22(25)29-19-11-6-16(15-23)14-20(19)26-2/h3,6-11,14-15H,1,4-5,12-13H2,2H3. The second kappa shape index (κ2) is 11.3.